The van der Waals surface area contributed by atoms with E-state index in [2.05, 4.69) is 10.3 Å². The summed E-state index contributed by atoms with van der Waals surface area (Å²) >= 11 is 0. The molecule has 2 aromatic rings. The molecule has 1 aromatic carbocycles. The maximum atomic E-state index is 12.7. The average molecular weight is 242 g/mol. The van der Waals surface area contributed by atoms with Crippen LogP contribution in [0.2, 0.25) is 0 Å². The molecule has 0 amide bonds. The first-order valence-corrected chi connectivity index (χ1v) is 5.33. The van der Waals surface area contributed by atoms with Crippen molar-refractivity contribution in [2.75, 3.05) is 11.1 Å². The Morgan fingerprint density at radius 2 is 2.06 bits per heavy atom. The predicted molar refractivity (Wildman–Crippen MR) is 67.1 cm³/mol. The van der Waals surface area contributed by atoms with E-state index in [-0.39, 0.29) is 5.82 Å². The lowest BCUT2D eigenvalue weighted by Crippen LogP contribution is -2.04. The summed E-state index contributed by atoms with van der Waals surface area (Å²) in [7, 11) is 0. The second-order valence-corrected chi connectivity index (χ2v) is 3.76. The van der Waals surface area contributed by atoms with Gasteiger partial charge in [-0.25, -0.2) is 9.37 Å². The monoisotopic (exact) mass is 242 g/mol. The van der Waals surface area contributed by atoms with Crippen LogP contribution in [0.3, 0.4) is 0 Å². The highest BCUT2D eigenvalue weighted by Gasteiger charge is 2.03. The summed E-state index contributed by atoms with van der Waals surface area (Å²) in [5, 5.41) is 12.0. The van der Waals surface area contributed by atoms with Crippen molar-refractivity contribution in [1.29, 1.82) is 5.26 Å². The van der Waals surface area contributed by atoms with Crippen molar-refractivity contribution in [3.05, 3.63) is 53.5 Å². The lowest BCUT2D eigenvalue weighted by molar-refractivity contribution is 0.627. The fourth-order valence-corrected chi connectivity index (χ4v) is 1.50. The summed E-state index contributed by atoms with van der Waals surface area (Å²) in [6.45, 7) is 0.464. The van der Waals surface area contributed by atoms with Crippen molar-refractivity contribution in [2.45, 2.75) is 6.54 Å². The number of aromatic nitrogens is 1. The molecule has 0 aliphatic rings. The zero-order valence-corrected chi connectivity index (χ0v) is 9.52. The van der Waals surface area contributed by atoms with Gasteiger partial charge in [0, 0.05) is 6.54 Å². The number of rotatable bonds is 3. The van der Waals surface area contributed by atoms with Crippen LogP contribution in [0.25, 0.3) is 0 Å². The number of nitriles is 1. The van der Waals surface area contributed by atoms with E-state index in [4.69, 9.17) is 11.0 Å². The minimum absolute atomic E-state index is 0.276. The third-order valence-electron chi connectivity index (χ3n) is 2.40. The lowest BCUT2D eigenvalue weighted by Gasteiger charge is -2.07. The second-order valence-electron chi connectivity index (χ2n) is 3.76. The van der Waals surface area contributed by atoms with Gasteiger partial charge in [0.15, 0.2) is 0 Å². The van der Waals surface area contributed by atoms with Crippen LogP contribution >= 0.6 is 0 Å². The summed E-state index contributed by atoms with van der Waals surface area (Å²) in [5.41, 5.74) is 7.28. The Morgan fingerprint density at radius 1 is 1.33 bits per heavy atom. The van der Waals surface area contributed by atoms with Gasteiger partial charge in [-0.2, -0.15) is 5.26 Å². The molecular weight excluding hydrogens is 231 g/mol. The van der Waals surface area contributed by atoms with Gasteiger partial charge in [-0.05, 0) is 23.8 Å². The van der Waals surface area contributed by atoms with Crippen molar-refractivity contribution in [3.8, 4) is 6.07 Å². The van der Waals surface area contributed by atoms with Crippen LogP contribution in [0, 0.1) is 17.1 Å². The van der Waals surface area contributed by atoms with E-state index in [1.54, 1.807) is 18.2 Å². The van der Waals surface area contributed by atoms with Gasteiger partial charge in [-0.1, -0.05) is 12.1 Å². The van der Waals surface area contributed by atoms with Gasteiger partial charge >= 0.3 is 0 Å². The quantitative estimate of drug-likeness (QED) is 0.865. The molecule has 0 saturated heterocycles. The number of benzene rings is 1. The molecule has 0 atom stereocenters. The molecule has 3 N–H and O–H groups in total. The Kier molecular flexibility index (Phi) is 3.39. The largest absolute Gasteiger partial charge is 0.397 e. The lowest BCUT2D eigenvalue weighted by atomic mass is 10.2. The number of hydrogen-bond acceptors (Lipinski definition) is 4. The van der Waals surface area contributed by atoms with Crippen LogP contribution in [0.4, 0.5) is 15.9 Å². The topological polar surface area (TPSA) is 74.7 Å². The number of halogens is 1. The normalized spacial score (nSPS) is 9.78. The molecule has 18 heavy (non-hydrogen) atoms. The number of hydrogen-bond donors (Lipinski definition) is 2. The molecule has 1 aromatic heterocycles. The second kappa shape index (κ2) is 5.15. The molecule has 0 spiro atoms. The van der Waals surface area contributed by atoms with E-state index in [1.807, 2.05) is 6.07 Å². The SMILES string of the molecule is N#Cc1cc(N)cnc1NCc1ccc(F)cc1. The number of nitrogen functional groups attached to an aromatic ring is 1. The first-order chi connectivity index (χ1) is 8.69. The summed E-state index contributed by atoms with van der Waals surface area (Å²) in [6.07, 6.45) is 1.48. The van der Waals surface area contributed by atoms with E-state index < -0.39 is 0 Å². The van der Waals surface area contributed by atoms with Gasteiger partial charge in [-0.15, -0.1) is 0 Å². The van der Waals surface area contributed by atoms with Gasteiger partial charge in [0.1, 0.15) is 17.7 Å². The van der Waals surface area contributed by atoms with Crippen LogP contribution in [0.15, 0.2) is 36.5 Å². The van der Waals surface area contributed by atoms with Crippen molar-refractivity contribution in [1.82, 2.24) is 4.98 Å². The van der Waals surface area contributed by atoms with E-state index in [0.29, 0.717) is 23.6 Å². The third kappa shape index (κ3) is 2.74. The van der Waals surface area contributed by atoms with Crippen LogP contribution in [0.5, 0.6) is 0 Å². The number of nitrogens with one attached hydrogen (secondary N) is 1. The molecular formula is C13H11FN4. The van der Waals surface area contributed by atoms with Crippen molar-refractivity contribution >= 4 is 11.5 Å². The minimum atomic E-state index is -0.276. The van der Waals surface area contributed by atoms with E-state index in [9.17, 15) is 4.39 Å². The van der Waals surface area contributed by atoms with E-state index >= 15 is 0 Å². The van der Waals surface area contributed by atoms with Crippen LogP contribution in [-0.2, 0) is 6.54 Å². The Labute approximate surface area is 104 Å². The molecule has 0 aliphatic carbocycles. The van der Waals surface area contributed by atoms with E-state index in [0.717, 1.165) is 5.56 Å². The summed E-state index contributed by atoms with van der Waals surface area (Å²) in [5.74, 6) is 0.193. The molecule has 5 heteroatoms. The van der Waals surface area contributed by atoms with Crippen LogP contribution in [-0.4, -0.2) is 4.98 Å². The third-order valence-corrected chi connectivity index (χ3v) is 2.40. The number of nitrogens with zero attached hydrogens (tertiary/aromatic N) is 2. The van der Waals surface area contributed by atoms with Gasteiger partial charge in [0.25, 0.3) is 0 Å². The van der Waals surface area contributed by atoms with Crippen molar-refractivity contribution < 1.29 is 4.39 Å². The molecule has 0 saturated carbocycles. The fourth-order valence-electron chi connectivity index (χ4n) is 1.50. The van der Waals surface area contributed by atoms with Crippen molar-refractivity contribution in [2.24, 2.45) is 0 Å². The molecule has 0 bridgehead atoms. The molecule has 2 rings (SSSR count). The average Bonchev–Trinajstić information content (AvgIpc) is 2.39. The summed E-state index contributed by atoms with van der Waals surface area (Å²) < 4.78 is 12.7. The molecule has 0 unspecified atom stereocenters. The van der Waals surface area contributed by atoms with Gasteiger partial charge < -0.3 is 11.1 Å². The highest BCUT2D eigenvalue weighted by atomic mass is 19.1. The maximum Gasteiger partial charge on any atom is 0.144 e. The standard InChI is InChI=1S/C13H11FN4/c14-11-3-1-9(2-4-11)7-17-13-10(6-15)5-12(16)8-18-13/h1-5,8H,7,16H2,(H,17,18). The summed E-state index contributed by atoms with van der Waals surface area (Å²) in [4.78, 5) is 4.05. The summed E-state index contributed by atoms with van der Waals surface area (Å²) in [6, 6.07) is 9.69. The molecule has 0 fully saturated rings. The predicted octanol–water partition coefficient (Wildman–Crippen LogP) is 2.29. The molecule has 90 valence electrons. The highest BCUT2D eigenvalue weighted by Crippen LogP contribution is 2.15. The number of nitrogens with two attached hydrogens (primary N) is 1. The molecule has 4 nitrogen and oxygen atoms in total. The molecule has 0 aliphatic heterocycles. The smallest absolute Gasteiger partial charge is 0.144 e. The van der Waals surface area contributed by atoms with E-state index in [1.165, 1.54) is 18.3 Å². The molecule has 0 radical (unpaired) electrons. The van der Waals surface area contributed by atoms with Gasteiger partial charge in [0.05, 0.1) is 17.4 Å². The fraction of sp³-hybridized carbons (Fsp3) is 0.0769. The van der Waals surface area contributed by atoms with Crippen LogP contribution in [0.1, 0.15) is 11.1 Å². The Bertz CT molecular complexity index is 587. The maximum absolute atomic E-state index is 12.7. The zero-order chi connectivity index (χ0) is 13.0. The Hall–Kier alpha value is -2.61. The number of anilines is 2. The Balaban J connectivity index is 2.11. The molecule has 1 heterocycles. The highest BCUT2D eigenvalue weighted by molar-refractivity contribution is 5.57. The van der Waals surface area contributed by atoms with Crippen LogP contribution < -0.4 is 11.1 Å². The number of pyridine rings is 1. The first kappa shape index (κ1) is 11.9. The minimum Gasteiger partial charge on any atom is -0.397 e. The van der Waals surface area contributed by atoms with Crippen molar-refractivity contribution in [3.63, 3.8) is 0 Å². The first-order valence-electron chi connectivity index (χ1n) is 5.33. The van der Waals surface area contributed by atoms with Gasteiger partial charge in [-0.3, -0.25) is 0 Å². The zero-order valence-electron chi connectivity index (χ0n) is 9.52. The van der Waals surface area contributed by atoms with Gasteiger partial charge in [0.2, 0.25) is 0 Å². The Morgan fingerprint density at radius 3 is 2.72 bits per heavy atom.